The third-order valence-corrected chi connectivity index (χ3v) is 18.6. The zero-order chi connectivity index (χ0) is 55.9. The monoisotopic (exact) mass is 1140 g/mol. The fraction of sp³-hybridized carbons (Fsp3) is 0. The number of halogens is 1. The molecule has 20 rings (SSSR count). The second-order valence-corrected chi connectivity index (χ2v) is 23.4. The molecular weight excluding hydrogens is 1100 g/mol. The van der Waals surface area contributed by atoms with Crippen LogP contribution in [0.15, 0.2) is 296 Å². The van der Waals surface area contributed by atoms with Crippen LogP contribution in [-0.2, 0) is 0 Å². The zero-order valence-corrected chi connectivity index (χ0v) is 47.5. The van der Waals surface area contributed by atoms with Gasteiger partial charge in [-0.1, -0.05) is 222 Å². The third kappa shape index (κ3) is 7.08. The fourth-order valence-electron chi connectivity index (χ4n) is 14.5. The number of fused-ring (bicyclic) bond motifs is 20. The summed E-state index contributed by atoms with van der Waals surface area (Å²) < 4.78 is 8.28. The highest BCUT2D eigenvalue weighted by Gasteiger charge is 2.28. The van der Waals surface area contributed by atoms with Crippen molar-refractivity contribution in [1.29, 1.82) is 0 Å². The van der Waals surface area contributed by atoms with Crippen LogP contribution in [0.3, 0.4) is 0 Å². The lowest BCUT2D eigenvalue weighted by molar-refractivity contribution is 1.15. The first-order valence-corrected chi connectivity index (χ1v) is 29.9. The summed E-state index contributed by atoms with van der Waals surface area (Å²) in [6, 6.07) is 105. The van der Waals surface area contributed by atoms with Crippen LogP contribution in [0.4, 0.5) is 0 Å². The van der Waals surface area contributed by atoms with E-state index < -0.39 is 0 Å². The molecule has 4 heterocycles. The Labute approximate surface area is 497 Å². The lowest BCUT2D eigenvalue weighted by Gasteiger charge is -2.14. The first-order valence-electron chi connectivity index (χ1n) is 29.1. The lowest BCUT2D eigenvalue weighted by atomic mass is 10.0. The van der Waals surface area contributed by atoms with E-state index in [0.717, 1.165) is 4.47 Å². The van der Waals surface area contributed by atoms with Gasteiger partial charge in [0, 0.05) is 81.3 Å². The van der Waals surface area contributed by atoms with Gasteiger partial charge in [0.05, 0.1) is 38.6 Å². The number of aromatic amines is 1. The summed E-state index contributed by atoms with van der Waals surface area (Å²) in [6.07, 6.45) is 0. The summed E-state index contributed by atoms with van der Waals surface area (Å²) in [5, 5.41) is 15.7. The van der Waals surface area contributed by atoms with Crippen LogP contribution in [0.5, 0.6) is 0 Å². The summed E-state index contributed by atoms with van der Waals surface area (Å²) >= 11 is 3.50. The second-order valence-electron chi connectivity index (χ2n) is 22.5. The van der Waals surface area contributed by atoms with E-state index in [1.807, 2.05) is 0 Å². The van der Waals surface area contributed by atoms with E-state index in [2.05, 4.69) is 326 Å². The minimum atomic E-state index is 1.10. The number of para-hydroxylation sites is 6. The highest BCUT2D eigenvalue weighted by Crippen LogP contribution is 2.53. The van der Waals surface area contributed by atoms with Crippen molar-refractivity contribution in [3.63, 3.8) is 0 Å². The predicted octanol–water partition coefficient (Wildman–Crippen LogP) is 22.3. The van der Waals surface area contributed by atoms with Crippen LogP contribution < -0.4 is 0 Å². The molecule has 1 N–H and O–H groups in total. The Morgan fingerprint density at radius 2 is 0.612 bits per heavy atom. The minimum Gasteiger partial charge on any atom is -0.354 e. The molecule has 4 aromatic heterocycles. The molecule has 396 valence electrons. The molecule has 2 aliphatic rings. The molecule has 0 fully saturated rings. The van der Waals surface area contributed by atoms with E-state index in [4.69, 9.17) is 0 Å². The van der Waals surface area contributed by atoms with Gasteiger partial charge in [-0.05, 0) is 140 Å². The summed E-state index contributed by atoms with van der Waals surface area (Å²) in [4.78, 5) is 3.66. The van der Waals surface area contributed by atoms with Gasteiger partial charge in [0.2, 0.25) is 0 Å². The van der Waals surface area contributed by atoms with Gasteiger partial charge in [-0.25, -0.2) is 0 Å². The maximum Gasteiger partial charge on any atom is 0.0625 e. The first kappa shape index (κ1) is 47.9. The highest BCUT2D eigenvalue weighted by molar-refractivity contribution is 9.10. The average molecular weight is 1150 g/mol. The van der Waals surface area contributed by atoms with E-state index in [1.165, 1.54) is 170 Å². The van der Waals surface area contributed by atoms with Crippen molar-refractivity contribution in [3.05, 3.63) is 296 Å². The van der Waals surface area contributed by atoms with Crippen molar-refractivity contribution < 1.29 is 0 Å². The molecule has 0 atom stereocenters. The Hall–Kier alpha value is -10.7. The molecule has 18 aromatic rings. The molecule has 0 bridgehead atoms. The van der Waals surface area contributed by atoms with Crippen LogP contribution in [0.25, 0.3) is 170 Å². The summed E-state index contributed by atoms with van der Waals surface area (Å²) in [5.41, 5.74) is 24.2. The van der Waals surface area contributed by atoms with Crippen molar-refractivity contribution in [2.75, 3.05) is 0 Å². The Morgan fingerprint density at radius 1 is 0.247 bits per heavy atom. The molecule has 2 aliphatic carbocycles. The van der Waals surface area contributed by atoms with E-state index in [9.17, 15) is 0 Å². The molecule has 4 nitrogen and oxygen atoms in total. The maximum absolute atomic E-state index is 3.66. The largest absolute Gasteiger partial charge is 0.354 e. The SMILES string of the molecule is Brc1ccc(-n2c3ccccc3c3ccccc32)cc1.c1cc2c3c(cccc3c1)-c1c-2ccc2c1[nH]c1ccccc12.c1cc2c3c(cccc3c1)-c1c-2ccc2c3ccccc3n(-c3ccc(-n4c5ccccc5c5ccccc54)cc3)c12. The zero-order valence-electron chi connectivity index (χ0n) is 45.9. The average Bonchev–Trinajstić information content (AvgIpc) is 1.99. The van der Waals surface area contributed by atoms with E-state index in [1.54, 1.807) is 0 Å². The lowest BCUT2D eigenvalue weighted by Crippen LogP contribution is -1.98. The fourth-order valence-corrected chi connectivity index (χ4v) is 14.8. The molecule has 5 heteroatoms. The molecular formula is C80H49BrN4. The van der Waals surface area contributed by atoms with Crippen molar-refractivity contribution in [2.24, 2.45) is 0 Å². The van der Waals surface area contributed by atoms with Gasteiger partial charge in [0.25, 0.3) is 0 Å². The van der Waals surface area contributed by atoms with Gasteiger partial charge in [0.1, 0.15) is 0 Å². The smallest absolute Gasteiger partial charge is 0.0625 e. The minimum absolute atomic E-state index is 1.10. The molecule has 0 saturated carbocycles. The van der Waals surface area contributed by atoms with E-state index in [-0.39, 0.29) is 0 Å². The van der Waals surface area contributed by atoms with Crippen molar-refractivity contribution in [1.82, 2.24) is 18.7 Å². The van der Waals surface area contributed by atoms with Gasteiger partial charge in [-0.15, -0.1) is 0 Å². The second kappa shape index (κ2) is 18.6. The van der Waals surface area contributed by atoms with Gasteiger partial charge >= 0.3 is 0 Å². The van der Waals surface area contributed by atoms with E-state index in [0.29, 0.717) is 0 Å². The predicted molar refractivity (Wildman–Crippen MR) is 363 cm³/mol. The van der Waals surface area contributed by atoms with Crippen molar-refractivity contribution >= 4 is 125 Å². The molecule has 85 heavy (non-hydrogen) atoms. The first-order chi connectivity index (χ1) is 42.1. The molecule has 0 saturated heterocycles. The standard InChI is InChI=1S/C40H24N2.C22H13N.C18H12BrN/c1-4-16-35-28(11-1)29-12-2-5-17-36(29)41(35)26-19-21-27(22-20-26)42-37-18-6-3-13-30(37)33-24-23-32-31-14-7-9-25-10-8-15-34(38(25)31)39(32)40(33)42;1-2-10-19-14(7-1)17-12-11-16-15-8-3-5-13-6-4-9-18(20(13)15)21(16)22(17)23-19;19-13-9-11-14(12-10-13)20-17-7-3-1-5-15(17)16-6-2-4-8-18(16)20/h1-24H;1-12,23H;1-12H. The third-order valence-electron chi connectivity index (χ3n) is 18.1. The number of hydrogen-bond acceptors (Lipinski definition) is 0. The molecule has 14 aromatic carbocycles. The van der Waals surface area contributed by atoms with Gasteiger partial charge in [0.15, 0.2) is 0 Å². The quantitative estimate of drug-likeness (QED) is 0.183. The van der Waals surface area contributed by atoms with Crippen LogP contribution >= 0.6 is 15.9 Å². The topological polar surface area (TPSA) is 30.6 Å². The van der Waals surface area contributed by atoms with Crippen LogP contribution in [-0.4, -0.2) is 18.7 Å². The Bertz CT molecular complexity index is 5680. The number of nitrogens with one attached hydrogen (secondary N) is 1. The molecule has 0 spiro atoms. The summed E-state index contributed by atoms with van der Waals surface area (Å²) in [6.45, 7) is 0. The molecule has 0 aliphatic heterocycles. The van der Waals surface area contributed by atoms with Crippen LogP contribution in [0.1, 0.15) is 0 Å². The summed E-state index contributed by atoms with van der Waals surface area (Å²) in [7, 11) is 0. The Balaban J connectivity index is 0.000000107. The van der Waals surface area contributed by atoms with E-state index >= 15 is 0 Å². The molecule has 0 radical (unpaired) electrons. The van der Waals surface area contributed by atoms with Crippen molar-refractivity contribution in [2.45, 2.75) is 0 Å². The highest BCUT2D eigenvalue weighted by atomic mass is 79.9. The number of rotatable bonds is 3. The van der Waals surface area contributed by atoms with Crippen molar-refractivity contribution in [3.8, 4) is 61.6 Å². The summed E-state index contributed by atoms with van der Waals surface area (Å²) in [5.74, 6) is 0. The molecule has 0 unspecified atom stereocenters. The van der Waals surface area contributed by atoms with Gasteiger partial charge in [-0.3, -0.25) is 0 Å². The maximum atomic E-state index is 3.66. The van der Waals surface area contributed by atoms with Crippen LogP contribution in [0, 0.1) is 0 Å². The number of nitrogens with zero attached hydrogens (tertiary/aromatic N) is 3. The Morgan fingerprint density at radius 3 is 1.11 bits per heavy atom. The number of hydrogen-bond donors (Lipinski definition) is 1. The van der Waals surface area contributed by atoms with Crippen LogP contribution in [0.2, 0.25) is 0 Å². The Kier molecular flexibility index (Phi) is 10.5. The molecule has 0 amide bonds. The number of aromatic nitrogens is 4. The number of benzene rings is 14. The van der Waals surface area contributed by atoms with Gasteiger partial charge < -0.3 is 18.7 Å². The van der Waals surface area contributed by atoms with Gasteiger partial charge in [-0.2, -0.15) is 0 Å². The normalized spacial score (nSPS) is 12.1. The number of H-pyrrole nitrogens is 1.